The third-order valence-corrected chi connectivity index (χ3v) is 5.85. The first kappa shape index (κ1) is 15.1. The maximum absolute atomic E-state index is 10.1. The molecule has 1 aliphatic carbocycles. The van der Waals surface area contributed by atoms with Gasteiger partial charge in [0.1, 0.15) is 0 Å². The third kappa shape index (κ3) is 3.17. The van der Waals surface area contributed by atoms with Gasteiger partial charge >= 0.3 is 0 Å². The largest absolute Gasteiger partial charge is 0.385 e. The minimum absolute atomic E-state index is 0.348. The van der Waals surface area contributed by atoms with Crippen LogP contribution in [0.25, 0.3) is 0 Å². The SMILES string of the molecule is CSC1=C(CSC2=NC(O)C3=C(CCC3)N2)C(C)NC=C1. The zero-order valence-corrected chi connectivity index (χ0v) is 14.0. The summed E-state index contributed by atoms with van der Waals surface area (Å²) in [5.41, 5.74) is 3.66. The second kappa shape index (κ2) is 6.50. The molecule has 2 atom stereocenters. The molecule has 0 amide bonds. The summed E-state index contributed by atoms with van der Waals surface area (Å²) in [7, 11) is 0. The number of allylic oxidation sites excluding steroid dienone is 2. The highest BCUT2D eigenvalue weighted by Crippen LogP contribution is 2.32. The fourth-order valence-corrected chi connectivity index (χ4v) is 4.72. The summed E-state index contributed by atoms with van der Waals surface area (Å²) in [5.74, 6) is 0.885. The monoisotopic (exact) mass is 323 g/mol. The van der Waals surface area contributed by atoms with Gasteiger partial charge in [0.2, 0.25) is 0 Å². The molecule has 21 heavy (non-hydrogen) atoms. The third-order valence-electron chi connectivity index (χ3n) is 4.07. The number of rotatable bonds is 3. The van der Waals surface area contributed by atoms with E-state index in [-0.39, 0.29) is 0 Å². The van der Waals surface area contributed by atoms with Gasteiger partial charge in [-0.15, -0.1) is 11.8 Å². The maximum atomic E-state index is 10.1. The van der Waals surface area contributed by atoms with Crippen molar-refractivity contribution in [1.82, 2.24) is 10.6 Å². The molecule has 3 N–H and O–H groups in total. The highest BCUT2D eigenvalue weighted by Gasteiger charge is 2.26. The number of thioether (sulfide) groups is 2. The molecule has 2 heterocycles. The van der Waals surface area contributed by atoms with E-state index in [2.05, 4.69) is 34.9 Å². The highest BCUT2D eigenvalue weighted by atomic mass is 32.2. The maximum Gasteiger partial charge on any atom is 0.172 e. The molecule has 0 aromatic heterocycles. The van der Waals surface area contributed by atoms with Crippen molar-refractivity contribution in [1.29, 1.82) is 0 Å². The molecule has 0 radical (unpaired) electrons. The molecule has 2 aliphatic heterocycles. The van der Waals surface area contributed by atoms with E-state index in [1.807, 2.05) is 6.20 Å². The molecule has 0 saturated heterocycles. The van der Waals surface area contributed by atoms with Gasteiger partial charge in [-0.05, 0) is 55.9 Å². The summed E-state index contributed by atoms with van der Waals surface area (Å²) in [4.78, 5) is 5.71. The molecule has 0 bridgehead atoms. The van der Waals surface area contributed by atoms with E-state index < -0.39 is 6.23 Å². The van der Waals surface area contributed by atoms with Gasteiger partial charge < -0.3 is 15.7 Å². The summed E-state index contributed by atoms with van der Waals surface area (Å²) < 4.78 is 0. The van der Waals surface area contributed by atoms with E-state index in [0.717, 1.165) is 35.8 Å². The summed E-state index contributed by atoms with van der Waals surface area (Å²) in [6, 6.07) is 0.348. The lowest BCUT2D eigenvalue weighted by Crippen LogP contribution is -2.31. The van der Waals surface area contributed by atoms with Crippen molar-refractivity contribution in [2.45, 2.75) is 38.5 Å². The quantitative estimate of drug-likeness (QED) is 0.745. The molecular formula is C15H21N3OS2. The van der Waals surface area contributed by atoms with E-state index in [1.54, 1.807) is 23.5 Å². The van der Waals surface area contributed by atoms with Crippen LogP contribution in [-0.2, 0) is 0 Å². The van der Waals surface area contributed by atoms with Gasteiger partial charge in [0.15, 0.2) is 11.4 Å². The number of nitrogens with one attached hydrogen (secondary N) is 2. The minimum atomic E-state index is -0.637. The van der Waals surface area contributed by atoms with Crippen LogP contribution in [0.4, 0.5) is 0 Å². The molecule has 0 fully saturated rings. The molecule has 4 nitrogen and oxygen atoms in total. The Bertz CT molecular complexity index is 551. The lowest BCUT2D eigenvalue weighted by molar-refractivity contribution is 0.215. The van der Waals surface area contributed by atoms with Gasteiger partial charge in [0.05, 0.1) is 0 Å². The fourth-order valence-electron chi connectivity index (χ4n) is 2.85. The Morgan fingerprint density at radius 3 is 3.10 bits per heavy atom. The van der Waals surface area contributed by atoms with Crippen LogP contribution in [0.1, 0.15) is 26.2 Å². The Labute approximate surface area is 134 Å². The van der Waals surface area contributed by atoms with Crippen LogP contribution < -0.4 is 10.6 Å². The molecule has 0 spiro atoms. The number of nitrogens with zero attached hydrogens (tertiary/aromatic N) is 1. The zero-order valence-electron chi connectivity index (χ0n) is 12.3. The molecule has 2 unspecified atom stereocenters. The Morgan fingerprint density at radius 1 is 1.43 bits per heavy atom. The van der Waals surface area contributed by atoms with Crippen LogP contribution in [-0.4, -0.2) is 34.6 Å². The lowest BCUT2D eigenvalue weighted by Gasteiger charge is -2.25. The molecule has 114 valence electrons. The first-order chi connectivity index (χ1) is 10.2. The van der Waals surface area contributed by atoms with E-state index in [1.165, 1.54) is 16.2 Å². The van der Waals surface area contributed by atoms with E-state index >= 15 is 0 Å². The number of aliphatic imine (C=N–C) groups is 1. The summed E-state index contributed by atoms with van der Waals surface area (Å²) in [6.07, 6.45) is 8.74. The van der Waals surface area contributed by atoms with Gasteiger partial charge in [-0.1, -0.05) is 11.8 Å². The van der Waals surface area contributed by atoms with Crippen molar-refractivity contribution in [2.75, 3.05) is 12.0 Å². The summed E-state index contributed by atoms with van der Waals surface area (Å²) in [5, 5.41) is 17.7. The van der Waals surface area contributed by atoms with Crippen molar-refractivity contribution >= 4 is 28.7 Å². The summed E-state index contributed by atoms with van der Waals surface area (Å²) >= 11 is 3.46. The number of hydrogen-bond acceptors (Lipinski definition) is 6. The predicted octanol–water partition coefficient (Wildman–Crippen LogP) is 2.56. The van der Waals surface area contributed by atoms with Crippen molar-refractivity contribution in [2.24, 2.45) is 4.99 Å². The molecule has 0 saturated carbocycles. The van der Waals surface area contributed by atoms with Gasteiger partial charge in [-0.3, -0.25) is 0 Å². The van der Waals surface area contributed by atoms with Crippen molar-refractivity contribution in [3.8, 4) is 0 Å². The van der Waals surface area contributed by atoms with Crippen molar-refractivity contribution in [3.05, 3.63) is 34.0 Å². The number of aliphatic hydroxyl groups is 1. The standard InChI is InChI=1S/C15H21N3OS2/c1-9-11(13(20-2)6-7-16-9)8-21-15-17-12-5-3-4-10(12)14(19)18-15/h6-7,9,14,16,19H,3-5,8H2,1-2H3,(H,17,18). The molecule has 3 rings (SSSR count). The molecular weight excluding hydrogens is 302 g/mol. The minimum Gasteiger partial charge on any atom is -0.385 e. The lowest BCUT2D eigenvalue weighted by atomic mass is 10.1. The first-order valence-electron chi connectivity index (χ1n) is 7.26. The van der Waals surface area contributed by atoms with Crippen LogP contribution in [0.3, 0.4) is 0 Å². The molecule has 0 aromatic rings. The number of dihydropyridines is 1. The zero-order chi connectivity index (χ0) is 14.8. The second-order valence-electron chi connectivity index (χ2n) is 5.39. The van der Waals surface area contributed by atoms with Crippen LogP contribution in [0.15, 0.2) is 39.0 Å². The Kier molecular flexibility index (Phi) is 4.66. The van der Waals surface area contributed by atoms with Gasteiger partial charge in [-0.2, -0.15) is 0 Å². The fraction of sp³-hybridized carbons (Fsp3) is 0.533. The van der Waals surface area contributed by atoms with Crippen molar-refractivity contribution in [3.63, 3.8) is 0 Å². The van der Waals surface area contributed by atoms with Crippen LogP contribution in [0.5, 0.6) is 0 Å². The Morgan fingerprint density at radius 2 is 2.29 bits per heavy atom. The number of aliphatic hydroxyl groups excluding tert-OH is 1. The molecule has 0 aromatic carbocycles. The Balaban J connectivity index is 1.67. The van der Waals surface area contributed by atoms with Gasteiger partial charge in [-0.25, -0.2) is 4.99 Å². The topological polar surface area (TPSA) is 56.7 Å². The Hall–Kier alpha value is -0.850. The average Bonchev–Trinajstić information content (AvgIpc) is 2.94. The van der Waals surface area contributed by atoms with Crippen LogP contribution in [0, 0.1) is 0 Å². The van der Waals surface area contributed by atoms with E-state index in [0.29, 0.717) is 6.04 Å². The second-order valence-corrected chi connectivity index (χ2v) is 7.21. The summed E-state index contributed by atoms with van der Waals surface area (Å²) in [6.45, 7) is 2.18. The normalized spacial score (nSPS) is 28.2. The van der Waals surface area contributed by atoms with Crippen molar-refractivity contribution < 1.29 is 5.11 Å². The van der Waals surface area contributed by atoms with Crippen LogP contribution >= 0.6 is 23.5 Å². The number of amidine groups is 1. The number of hydrogen-bond donors (Lipinski definition) is 3. The van der Waals surface area contributed by atoms with Crippen LogP contribution in [0.2, 0.25) is 0 Å². The smallest absolute Gasteiger partial charge is 0.172 e. The van der Waals surface area contributed by atoms with Gasteiger partial charge in [0.25, 0.3) is 0 Å². The van der Waals surface area contributed by atoms with E-state index in [9.17, 15) is 5.11 Å². The highest BCUT2D eigenvalue weighted by molar-refractivity contribution is 8.14. The molecule has 3 aliphatic rings. The molecule has 6 heteroatoms. The predicted molar refractivity (Wildman–Crippen MR) is 92.2 cm³/mol. The van der Waals surface area contributed by atoms with Gasteiger partial charge in [0, 0.05) is 22.4 Å². The average molecular weight is 323 g/mol. The first-order valence-corrected chi connectivity index (χ1v) is 9.47. The van der Waals surface area contributed by atoms with E-state index in [4.69, 9.17) is 0 Å².